The van der Waals surface area contributed by atoms with Crippen molar-refractivity contribution in [2.24, 2.45) is 0 Å². The molecule has 0 fully saturated rings. The molecule has 0 amide bonds. The molecule has 100 valence electrons. The standard InChI is InChI=1S/C12H11NO4S2/c1-17-11(14)10-9(8-6-4-3-5-7-8)13-12(18-10)19(2,15)16/h3-7H,1-2H3. The summed E-state index contributed by atoms with van der Waals surface area (Å²) in [5, 5.41) is 0. The van der Waals surface area contributed by atoms with Gasteiger partial charge in [0.05, 0.1) is 12.8 Å². The van der Waals surface area contributed by atoms with Gasteiger partial charge in [-0.2, -0.15) is 0 Å². The van der Waals surface area contributed by atoms with Crippen LogP contribution in [0.15, 0.2) is 34.7 Å². The average molecular weight is 297 g/mol. The Kier molecular flexibility index (Phi) is 3.68. The highest BCUT2D eigenvalue weighted by molar-refractivity contribution is 7.92. The second-order valence-electron chi connectivity index (χ2n) is 3.79. The number of rotatable bonds is 3. The Balaban J connectivity index is 2.65. The molecular weight excluding hydrogens is 286 g/mol. The zero-order valence-corrected chi connectivity index (χ0v) is 11.9. The van der Waals surface area contributed by atoms with E-state index in [4.69, 9.17) is 0 Å². The van der Waals surface area contributed by atoms with E-state index in [0.29, 0.717) is 11.3 Å². The fourth-order valence-electron chi connectivity index (χ4n) is 1.48. The number of aromatic nitrogens is 1. The van der Waals surface area contributed by atoms with Gasteiger partial charge in [0.1, 0.15) is 4.88 Å². The summed E-state index contributed by atoms with van der Waals surface area (Å²) in [6, 6.07) is 8.91. The molecule has 0 unspecified atom stereocenters. The number of sulfone groups is 1. The first-order chi connectivity index (χ1) is 8.93. The van der Waals surface area contributed by atoms with Crippen molar-refractivity contribution in [2.75, 3.05) is 13.4 Å². The zero-order chi connectivity index (χ0) is 14.0. The molecule has 2 aromatic rings. The third-order valence-electron chi connectivity index (χ3n) is 2.34. The SMILES string of the molecule is COC(=O)c1sc(S(C)(=O)=O)nc1-c1ccccc1. The summed E-state index contributed by atoms with van der Waals surface area (Å²) in [5.74, 6) is -0.591. The Morgan fingerprint density at radius 3 is 2.42 bits per heavy atom. The molecule has 0 radical (unpaired) electrons. The largest absolute Gasteiger partial charge is 0.465 e. The molecular formula is C12H11NO4S2. The lowest BCUT2D eigenvalue weighted by molar-refractivity contribution is 0.0607. The second kappa shape index (κ2) is 5.10. The maximum absolute atomic E-state index is 11.7. The van der Waals surface area contributed by atoms with E-state index in [1.165, 1.54) is 7.11 Å². The van der Waals surface area contributed by atoms with Crippen LogP contribution in [0.5, 0.6) is 0 Å². The molecule has 1 aromatic carbocycles. The predicted molar refractivity (Wildman–Crippen MR) is 72.0 cm³/mol. The molecule has 0 bridgehead atoms. The summed E-state index contributed by atoms with van der Waals surface area (Å²) in [6.07, 6.45) is 1.06. The van der Waals surface area contributed by atoms with Gasteiger partial charge in [-0.1, -0.05) is 41.7 Å². The summed E-state index contributed by atoms with van der Waals surface area (Å²) in [5.41, 5.74) is 1.01. The van der Waals surface area contributed by atoms with Crippen LogP contribution >= 0.6 is 11.3 Å². The molecule has 0 saturated carbocycles. The van der Waals surface area contributed by atoms with Gasteiger partial charge in [-0.25, -0.2) is 18.2 Å². The van der Waals surface area contributed by atoms with E-state index in [2.05, 4.69) is 9.72 Å². The maximum Gasteiger partial charge on any atom is 0.350 e. The van der Waals surface area contributed by atoms with Crippen molar-refractivity contribution in [1.29, 1.82) is 0 Å². The summed E-state index contributed by atoms with van der Waals surface area (Å²) in [7, 11) is -2.21. The van der Waals surface area contributed by atoms with Gasteiger partial charge in [-0.15, -0.1) is 0 Å². The summed E-state index contributed by atoms with van der Waals surface area (Å²) in [4.78, 5) is 15.9. The van der Waals surface area contributed by atoms with Crippen LogP contribution in [0.4, 0.5) is 0 Å². The van der Waals surface area contributed by atoms with E-state index < -0.39 is 15.8 Å². The lowest BCUT2D eigenvalue weighted by Crippen LogP contribution is -2.00. The van der Waals surface area contributed by atoms with Crippen molar-refractivity contribution >= 4 is 27.1 Å². The molecule has 0 N–H and O–H groups in total. The molecule has 0 atom stereocenters. The minimum Gasteiger partial charge on any atom is -0.465 e. The van der Waals surface area contributed by atoms with E-state index in [9.17, 15) is 13.2 Å². The van der Waals surface area contributed by atoms with Gasteiger partial charge in [0, 0.05) is 11.8 Å². The highest BCUT2D eigenvalue weighted by Crippen LogP contribution is 2.30. The first-order valence-electron chi connectivity index (χ1n) is 5.28. The number of carbonyl (C=O) groups is 1. The first-order valence-corrected chi connectivity index (χ1v) is 7.99. The van der Waals surface area contributed by atoms with Crippen LogP contribution in [0.3, 0.4) is 0 Å². The molecule has 0 spiro atoms. The molecule has 19 heavy (non-hydrogen) atoms. The molecule has 5 nitrogen and oxygen atoms in total. The van der Waals surface area contributed by atoms with Crippen LogP contribution in [-0.4, -0.2) is 32.7 Å². The lowest BCUT2D eigenvalue weighted by Gasteiger charge is -1.99. The topological polar surface area (TPSA) is 73.3 Å². The van der Waals surface area contributed by atoms with Crippen molar-refractivity contribution in [3.8, 4) is 11.3 Å². The van der Waals surface area contributed by atoms with Gasteiger partial charge in [-0.3, -0.25) is 0 Å². The monoisotopic (exact) mass is 297 g/mol. The number of nitrogens with zero attached hydrogens (tertiary/aromatic N) is 1. The summed E-state index contributed by atoms with van der Waals surface area (Å²) >= 11 is 0.820. The minimum absolute atomic E-state index is 0.0910. The quantitative estimate of drug-likeness (QED) is 0.810. The van der Waals surface area contributed by atoms with Crippen molar-refractivity contribution in [3.05, 3.63) is 35.2 Å². The number of benzene rings is 1. The van der Waals surface area contributed by atoms with Crippen LogP contribution in [-0.2, 0) is 14.6 Å². The Morgan fingerprint density at radius 2 is 1.89 bits per heavy atom. The van der Waals surface area contributed by atoms with Crippen molar-refractivity contribution in [2.45, 2.75) is 4.34 Å². The van der Waals surface area contributed by atoms with Crippen LogP contribution in [0.1, 0.15) is 9.67 Å². The van der Waals surface area contributed by atoms with E-state index in [0.717, 1.165) is 17.6 Å². The fourth-order valence-corrected chi connectivity index (χ4v) is 3.33. The summed E-state index contributed by atoms with van der Waals surface area (Å²) in [6.45, 7) is 0. The van der Waals surface area contributed by atoms with Crippen LogP contribution in [0, 0.1) is 0 Å². The third kappa shape index (κ3) is 2.82. The van der Waals surface area contributed by atoms with Gasteiger partial charge >= 0.3 is 5.97 Å². The minimum atomic E-state index is -3.45. The number of hydrogen-bond donors (Lipinski definition) is 0. The van der Waals surface area contributed by atoms with Gasteiger partial charge < -0.3 is 4.74 Å². The van der Waals surface area contributed by atoms with Gasteiger partial charge in [0.15, 0.2) is 0 Å². The number of thiazole rings is 1. The van der Waals surface area contributed by atoms with Crippen molar-refractivity contribution in [3.63, 3.8) is 0 Å². The van der Waals surface area contributed by atoms with Crippen molar-refractivity contribution < 1.29 is 17.9 Å². The fraction of sp³-hybridized carbons (Fsp3) is 0.167. The van der Waals surface area contributed by atoms with Crippen molar-refractivity contribution in [1.82, 2.24) is 4.98 Å². The number of esters is 1. The highest BCUT2D eigenvalue weighted by Gasteiger charge is 2.24. The molecule has 1 heterocycles. The molecule has 0 aliphatic carbocycles. The second-order valence-corrected chi connectivity index (χ2v) is 6.98. The Labute approximate surface area is 114 Å². The molecule has 0 aliphatic rings. The highest BCUT2D eigenvalue weighted by atomic mass is 32.2. The Hall–Kier alpha value is -1.73. The Morgan fingerprint density at radius 1 is 1.26 bits per heavy atom. The van der Waals surface area contributed by atoms with Gasteiger partial charge in [-0.05, 0) is 0 Å². The van der Waals surface area contributed by atoms with Crippen LogP contribution < -0.4 is 0 Å². The normalized spacial score (nSPS) is 11.3. The number of hydrogen-bond acceptors (Lipinski definition) is 6. The average Bonchev–Trinajstić information content (AvgIpc) is 2.83. The Bertz CT molecular complexity index is 705. The summed E-state index contributed by atoms with van der Waals surface area (Å²) < 4.78 is 27.6. The molecule has 7 heteroatoms. The first kappa shape index (κ1) is 13.7. The van der Waals surface area contributed by atoms with E-state index in [1.54, 1.807) is 24.3 Å². The number of ether oxygens (including phenoxy) is 1. The third-order valence-corrected chi connectivity index (χ3v) is 5.06. The van der Waals surface area contributed by atoms with E-state index >= 15 is 0 Å². The molecule has 2 rings (SSSR count). The van der Waals surface area contributed by atoms with E-state index in [-0.39, 0.29) is 9.22 Å². The zero-order valence-electron chi connectivity index (χ0n) is 10.3. The molecule has 1 aromatic heterocycles. The smallest absolute Gasteiger partial charge is 0.350 e. The maximum atomic E-state index is 11.7. The predicted octanol–water partition coefficient (Wildman–Crippen LogP) is 2.00. The van der Waals surface area contributed by atoms with Gasteiger partial charge in [0.25, 0.3) is 0 Å². The van der Waals surface area contributed by atoms with Crippen LogP contribution in [0.2, 0.25) is 0 Å². The lowest BCUT2D eigenvalue weighted by atomic mass is 10.1. The number of carbonyl (C=O) groups excluding carboxylic acids is 1. The van der Waals surface area contributed by atoms with E-state index in [1.807, 2.05) is 6.07 Å². The molecule has 0 saturated heterocycles. The molecule has 0 aliphatic heterocycles. The van der Waals surface area contributed by atoms with Gasteiger partial charge in [0.2, 0.25) is 14.2 Å². The van der Waals surface area contributed by atoms with Crippen LogP contribution in [0.25, 0.3) is 11.3 Å². The number of methoxy groups -OCH3 is 1.